The highest BCUT2D eigenvalue weighted by Gasteiger charge is 2.01. The van der Waals surface area contributed by atoms with Gasteiger partial charge in [0.05, 0.1) is 0 Å². The Labute approximate surface area is 134 Å². The van der Waals surface area contributed by atoms with Crippen LogP contribution in [-0.2, 0) is 14.3 Å². The van der Waals surface area contributed by atoms with Crippen molar-refractivity contribution in [1.82, 2.24) is 10.2 Å². The van der Waals surface area contributed by atoms with Crippen LogP contribution in [0.25, 0.3) is 0 Å². The van der Waals surface area contributed by atoms with Crippen LogP contribution in [-0.4, -0.2) is 56.4 Å². The van der Waals surface area contributed by atoms with Crippen LogP contribution in [0.3, 0.4) is 0 Å². The first-order valence-electron chi connectivity index (χ1n) is 6.48. The van der Waals surface area contributed by atoms with Gasteiger partial charge in [0.2, 0.25) is 5.91 Å². The number of hydrogen-bond donors (Lipinski definition) is 1. The molecule has 0 atom stereocenters. The van der Waals surface area contributed by atoms with Crippen molar-refractivity contribution in [3.63, 3.8) is 0 Å². The van der Waals surface area contributed by atoms with Gasteiger partial charge in [-0.15, -0.1) is 11.6 Å². The van der Waals surface area contributed by atoms with Gasteiger partial charge in [-0.2, -0.15) is 0 Å². The zero-order chi connectivity index (χ0) is 17.4. The first-order chi connectivity index (χ1) is 9.70. The van der Waals surface area contributed by atoms with Crippen LogP contribution in [0.15, 0.2) is 24.8 Å². The molecule has 0 aromatic carbocycles. The lowest BCUT2D eigenvalue weighted by Gasteiger charge is -2.07. The molecule has 0 aromatic heterocycles. The number of alkyl halides is 1. The molecule has 1 N–H and O–H groups in total. The van der Waals surface area contributed by atoms with Gasteiger partial charge in [-0.05, 0) is 34.9 Å². The summed E-state index contributed by atoms with van der Waals surface area (Å²) < 4.78 is 4.70. The van der Waals surface area contributed by atoms with E-state index in [9.17, 15) is 9.59 Å². The lowest BCUT2D eigenvalue weighted by molar-refractivity contribution is -0.138. The summed E-state index contributed by atoms with van der Waals surface area (Å²) in [5, 5.41) is 2.70. The predicted octanol–water partition coefficient (Wildman–Crippen LogP) is 2.22. The summed E-state index contributed by atoms with van der Waals surface area (Å²) in [6, 6.07) is 0.203. The molecule has 0 saturated carbocycles. The number of carbonyl (C=O) groups excluding carboxylic acids is 2. The first-order valence-corrected chi connectivity index (χ1v) is 7.24. The summed E-state index contributed by atoms with van der Waals surface area (Å²) in [5.74, 6) is -0.424. The lowest BCUT2D eigenvalue weighted by Crippen LogP contribution is -2.30. The van der Waals surface area contributed by atoms with E-state index < -0.39 is 0 Å². The van der Waals surface area contributed by atoms with Gasteiger partial charge in [0.15, 0.2) is 0 Å². The molecular formula is C15H29ClN2O3. The molecule has 0 fully saturated rings. The molecule has 0 aliphatic rings. The normalized spacial score (nSPS) is 8.81. The Hall–Kier alpha value is -1.33. The molecule has 0 aliphatic heterocycles. The van der Waals surface area contributed by atoms with E-state index in [0.717, 1.165) is 12.6 Å². The Balaban J connectivity index is -0.000000277. The number of nitrogens with one attached hydrogen (secondary N) is 1. The van der Waals surface area contributed by atoms with Gasteiger partial charge in [-0.1, -0.05) is 13.2 Å². The zero-order valence-electron chi connectivity index (χ0n) is 14.0. The fraction of sp³-hybridized carbons (Fsp3) is 0.600. The Morgan fingerprint density at radius 1 is 1.33 bits per heavy atom. The van der Waals surface area contributed by atoms with Gasteiger partial charge < -0.3 is 15.0 Å². The van der Waals surface area contributed by atoms with Gasteiger partial charge in [0.1, 0.15) is 6.61 Å². The third kappa shape index (κ3) is 24.1. The molecule has 6 heteroatoms. The second kappa shape index (κ2) is 16.7. The van der Waals surface area contributed by atoms with Gasteiger partial charge in [-0.3, -0.25) is 4.79 Å². The summed E-state index contributed by atoms with van der Waals surface area (Å²) in [6.45, 7) is 13.5. The minimum absolute atomic E-state index is 0.0648. The SMILES string of the molecule is C=C(C)C(=O)NC(C)C.C=CC(=O)OCCN(C)C.CCl. The minimum atomic E-state index is -0.359. The molecule has 0 heterocycles. The Morgan fingerprint density at radius 2 is 1.81 bits per heavy atom. The lowest BCUT2D eigenvalue weighted by atomic mass is 10.3. The van der Waals surface area contributed by atoms with Crippen molar-refractivity contribution in [2.45, 2.75) is 26.8 Å². The molecule has 0 unspecified atom stereocenters. The van der Waals surface area contributed by atoms with Crippen molar-refractivity contribution in [2.24, 2.45) is 0 Å². The average Bonchev–Trinajstić information content (AvgIpc) is 2.40. The highest BCUT2D eigenvalue weighted by Crippen LogP contribution is 1.87. The molecule has 124 valence electrons. The third-order valence-corrected chi connectivity index (χ3v) is 1.76. The van der Waals surface area contributed by atoms with Crippen molar-refractivity contribution in [3.05, 3.63) is 24.8 Å². The number of amides is 1. The number of likely N-dealkylation sites (N-methyl/N-ethyl adjacent to an activating group) is 1. The fourth-order valence-corrected chi connectivity index (χ4v) is 0.773. The molecule has 0 aromatic rings. The second-order valence-corrected chi connectivity index (χ2v) is 4.58. The standard InChI is InChI=1S/C7H13NO2.C7H13NO.CH3Cl/c1-4-7(9)10-6-5-8(2)3;1-5(2)7(9)8-6(3)4;1-2/h4H,1,5-6H2,2-3H3;6H,1H2,2-4H3,(H,8,9);1H3. The number of hydrogen-bond acceptors (Lipinski definition) is 4. The Bertz CT molecular complexity index is 316. The van der Waals surface area contributed by atoms with Crippen LogP contribution >= 0.6 is 11.6 Å². The predicted molar refractivity (Wildman–Crippen MR) is 89.6 cm³/mol. The molecule has 0 saturated heterocycles. The molecule has 5 nitrogen and oxygen atoms in total. The summed E-state index contributed by atoms with van der Waals surface area (Å²) in [7, 11) is 3.84. The Kier molecular flexibility index (Phi) is 19.6. The van der Waals surface area contributed by atoms with E-state index in [1.165, 1.54) is 6.38 Å². The number of esters is 1. The minimum Gasteiger partial charge on any atom is -0.461 e. The Morgan fingerprint density at radius 3 is 2.05 bits per heavy atom. The zero-order valence-corrected chi connectivity index (χ0v) is 14.8. The van der Waals surface area contributed by atoms with Gasteiger partial charge >= 0.3 is 5.97 Å². The molecule has 1 amide bonds. The van der Waals surface area contributed by atoms with Crippen LogP contribution in [0.1, 0.15) is 20.8 Å². The molecule has 0 radical (unpaired) electrons. The van der Waals surface area contributed by atoms with E-state index in [1.54, 1.807) is 6.92 Å². The summed E-state index contributed by atoms with van der Waals surface area (Å²) in [5.41, 5.74) is 0.559. The van der Waals surface area contributed by atoms with Crippen molar-refractivity contribution < 1.29 is 14.3 Å². The number of rotatable bonds is 6. The maximum absolute atomic E-state index is 10.7. The smallest absolute Gasteiger partial charge is 0.330 e. The topological polar surface area (TPSA) is 58.6 Å². The highest BCUT2D eigenvalue weighted by molar-refractivity contribution is 6.15. The van der Waals surface area contributed by atoms with Gasteiger partial charge in [0.25, 0.3) is 0 Å². The number of carbonyl (C=O) groups is 2. The van der Waals surface area contributed by atoms with E-state index >= 15 is 0 Å². The molecule has 0 bridgehead atoms. The largest absolute Gasteiger partial charge is 0.461 e. The summed E-state index contributed by atoms with van der Waals surface area (Å²) in [6.07, 6.45) is 2.63. The molecule has 21 heavy (non-hydrogen) atoms. The second-order valence-electron chi connectivity index (χ2n) is 4.58. The maximum Gasteiger partial charge on any atom is 0.330 e. The number of nitrogens with zero attached hydrogens (tertiary/aromatic N) is 1. The van der Waals surface area contributed by atoms with E-state index in [-0.39, 0.29) is 17.9 Å². The highest BCUT2D eigenvalue weighted by atomic mass is 35.5. The first kappa shape index (κ1) is 24.7. The van der Waals surface area contributed by atoms with Crippen LogP contribution in [0, 0.1) is 0 Å². The van der Waals surface area contributed by atoms with Crippen molar-refractivity contribution in [1.29, 1.82) is 0 Å². The van der Waals surface area contributed by atoms with Crippen molar-refractivity contribution in [2.75, 3.05) is 33.6 Å². The van der Waals surface area contributed by atoms with Crippen LogP contribution in [0.5, 0.6) is 0 Å². The van der Waals surface area contributed by atoms with Crippen LogP contribution in [0.2, 0.25) is 0 Å². The molecular weight excluding hydrogens is 292 g/mol. The van der Waals surface area contributed by atoms with Crippen LogP contribution in [0.4, 0.5) is 0 Å². The van der Waals surface area contributed by atoms with Gasteiger partial charge in [0, 0.05) is 30.6 Å². The van der Waals surface area contributed by atoms with Gasteiger partial charge in [-0.25, -0.2) is 4.79 Å². The number of ether oxygens (including phenoxy) is 1. The summed E-state index contributed by atoms with van der Waals surface area (Å²) >= 11 is 4.64. The molecule has 0 aliphatic carbocycles. The summed E-state index contributed by atoms with van der Waals surface area (Å²) in [4.78, 5) is 23.1. The third-order valence-electron chi connectivity index (χ3n) is 1.76. The molecule has 0 rings (SSSR count). The van der Waals surface area contributed by atoms with E-state index in [4.69, 9.17) is 4.74 Å². The quantitative estimate of drug-likeness (QED) is 0.463. The van der Waals surface area contributed by atoms with Crippen molar-refractivity contribution >= 4 is 23.5 Å². The van der Waals surface area contributed by atoms with E-state index in [0.29, 0.717) is 12.2 Å². The van der Waals surface area contributed by atoms with E-state index in [2.05, 4.69) is 30.1 Å². The average molecular weight is 321 g/mol. The van der Waals surface area contributed by atoms with E-state index in [1.807, 2.05) is 32.8 Å². The fourth-order valence-electron chi connectivity index (χ4n) is 0.773. The maximum atomic E-state index is 10.7. The number of halogens is 1. The van der Waals surface area contributed by atoms with Crippen LogP contribution < -0.4 is 5.32 Å². The molecule has 0 spiro atoms. The van der Waals surface area contributed by atoms with Crippen molar-refractivity contribution in [3.8, 4) is 0 Å². The monoisotopic (exact) mass is 320 g/mol.